The van der Waals surface area contributed by atoms with Gasteiger partial charge in [0.05, 0.1) is 0 Å². The van der Waals surface area contributed by atoms with E-state index in [-0.39, 0.29) is 0 Å². The van der Waals surface area contributed by atoms with E-state index in [1.807, 2.05) is 0 Å². The van der Waals surface area contributed by atoms with Crippen LogP contribution in [0, 0.1) is 5.92 Å². The Morgan fingerprint density at radius 2 is 2.22 bits per heavy atom. The number of nitrogens with one attached hydrogen (secondary N) is 1. The molecule has 2 unspecified atom stereocenters. The smallest absolute Gasteiger partial charge is 0.0322 e. The van der Waals surface area contributed by atoms with Crippen molar-refractivity contribution in [2.45, 2.75) is 38.6 Å². The van der Waals surface area contributed by atoms with Gasteiger partial charge in [-0.2, -0.15) is 0 Å². The molecule has 0 bridgehead atoms. The highest BCUT2D eigenvalue weighted by atomic mass is 16.5. The van der Waals surface area contributed by atoms with Gasteiger partial charge in [-0.3, -0.25) is 0 Å². The molecule has 0 aromatic carbocycles. The number of hydroxylamine groups is 1. The van der Waals surface area contributed by atoms with Crippen LogP contribution < -0.4 is 5.48 Å². The highest BCUT2D eigenvalue weighted by Gasteiger charge is 2.17. The van der Waals surface area contributed by atoms with Gasteiger partial charge in [0.15, 0.2) is 0 Å². The van der Waals surface area contributed by atoms with Crippen LogP contribution >= 0.6 is 0 Å². The molecular weight excluding hydrogens is 114 g/mol. The van der Waals surface area contributed by atoms with Crippen LogP contribution in [-0.4, -0.2) is 11.2 Å². The molecule has 9 heavy (non-hydrogen) atoms. The van der Waals surface area contributed by atoms with Gasteiger partial charge in [0.1, 0.15) is 0 Å². The largest absolute Gasteiger partial charge is 0.317 e. The molecule has 1 rings (SSSR count). The third kappa shape index (κ3) is 1.95. The predicted octanol–water partition coefficient (Wildman–Crippen LogP) is 1.54. The lowest BCUT2D eigenvalue weighted by molar-refractivity contribution is 0.0956. The molecule has 0 radical (unpaired) electrons. The molecule has 54 valence electrons. The molecule has 1 aliphatic carbocycles. The SMILES string of the molecule is CC1CCCC(NO)C1. The van der Waals surface area contributed by atoms with Gasteiger partial charge in [0.25, 0.3) is 0 Å². The summed E-state index contributed by atoms with van der Waals surface area (Å²) in [4.78, 5) is 0. The van der Waals surface area contributed by atoms with E-state index >= 15 is 0 Å². The molecule has 2 heteroatoms. The second-order valence-electron chi connectivity index (χ2n) is 3.10. The first kappa shape index (κ1) is 7.03. The Balaban J connectivity index is 2.23. The van der Waals surface area contributed by atoms with Crippen LogP contribution in [0.15, 0.2) is 0 Å². The van der Waals surface area contributed by atoms with Crippen molar-refractivity contribution < 1.29 is 5.21 Å². The van der Waals surface area contributed by atoms with Gasteiger partial charge in [-0.25, -0.2) is 5.48 Å². The Labute approximate surface area is 56.2 Å². The summed E-state index contributed by atoms with van der Waals surface area (Å²) in [5.74, 6) is 0.795. The van der Waals surface area contributed by atoms with Crippen molar-refractivity contribution in [1.82, 2.24) is 5.48 Å². The molecule has 0 aromatic heterocycles. The van der Waals surface area contributed by atoms with Crippen molar-refractivity contribution in [2.24, 2.45) is 5.92 Å². The van der Waals surface area contributed by atoms with Crippen LogP contribution in [-0.2, 0) is 0 Å². The zero-order chi connectivity index (χ0) is 6.69. The topological polar surface area (TPSA) is 32.3 Å². The van der Waals surface area contributed by atoms with E-state index in [1.54, 1.807) is 0 Å². The highest BCUT2D eigenvalue weighted by molar-refractivity contribution is 4.72. The lowest BCUT2D eigenvalue weighted by Gasteiger charge is -2.24. The van der Waals surface area contributed by atoms with Gasteiger partial charge in [-0.15, -0.1) is 0 Å². The number of hydrogen-bond acceptors (Lipinski definition) is 2. The Morgan fingerprint density at radius 3 is 2.67 bits per heavy atom. The first-order valence-electron chi connectivity index (χ1n) is 3.72. The summed E-state index contributed by atoms with van der Waals surface area (Å²) in [7, 11) is 0. The predicted molar refractivity (Wildman–Crippen MR) is 36.3 cm³/mol. The van der Waals surface area contributed by atoms with Crippen LogP contribution in [0.25, 0.3) is 0 Å². The van der Waals surface area contributed by atoms with E-state index in [9.17, 15) is 0 Å². The molecule has 1 saturated carbocycles. The van der Waals surface area contributed by atoms with E-state index in [0.717, 1.165) is 18.8 Å². The average molecular weight is 129 g/mol. The molecule has 0 amide bonds. The minimum atomic E-state index is 0.369. The Bertz CT molecular complexity index is 85.0. The second kappa shape index (κ2) is 3.18. The maximum atomic E-state index is 8.56. The monoisotopic (exact) mass is 129 g/mol. The molecule has 1 aliphatic rings. The third-order valence-corrected chi connectivity index (χ3v) is 2.12. The van der Waals surface area contributed by atoms with Crippen molar-refractivity contribution in [3.8, 4) is 0 Å². The van der Waals surface area contributed by atoms with Crippen LogP contribution in [0.4, 0.5) is 0 Å². The fourth-order valence-corrected chi connectivity index (χ4v) is 1.55. The van der Waals surface area contributed by atoms with Crippen molar-refractivity contribution in [3.63, 3.8) is 0 Å². The van der Waals surface area contributed by atoms with Crippen LogP contribution in [0.5, 0.6) is 0 Å². The summed E-state index contributed by atoms with van der Waals surface area (Å²) in [6, 6.07) is 0.369. The van der Waals surface area contributed by atoms with Crippen molar-refractivity contribution >= 4 is 0 Å². The molecule has 2 atom stereocenters. The summed E-state index contributed by atoms with van der Waals surface area (Å²) in [6.07, 6.45) is 4.87. The molecule has 1 fully saturated rings. The van der Waals surface area contributed by atoms with Crippen molar-refractivity contribution in [1.29, 1.82) is 0 Å². The van der Waals surface area contributed by atoms with Gasteiger partial charge in [0, 0.05) is 6.04 Å². The number of hydrogen-bond donors (Lipinski definition) is 2. The molecule has 0 aliphatic heterocycles. The van der Waals surface area contributed by atoms with Gasteiger partial charge >= 0.3 is 0 Å². The standard InChI is InChI=1S/C7H15NO/c1-6-3-2-4-7(5-6)8-9/h6-9H,2-5H2,1H3. The lowest BCUT2D eigenvalue weighted by Crippen LogP contribution is -2.30. The normalized spacial score (nSPS) is 36.7. The fraction of sp³-hybridized carbons (Fsp3) is 1.00. The Kier molecular flexibility index (Phi) is 2.49. The minimum absolute atomic E-state index is 0.369. The van der Waals surface area contributed by atoms with Crippen molar-refractivity contribution in [3.05, 3.63) is 0 Å². The van der Waals surface area contributed by atoms with Crippen LogP contribution in [0.3, 0.4) is 0 Å². The van der Waals surface area contributed by atoms with E-state index in [1.165, 1.54) is 12.8 Å². The quantitative estimate of drug-likeness (QED) is 0.526. The summed E-state index contributed by atoms with van der Waals surface area (Å²) in [5.41, 5.74) is 2.33. The van der Waals surface area contributed by atoms with E-state index in [0.29, 0.717) is 6.04 Å². The summed E-state index contributed by atoms with van der Waals surface area (Å²) in [5, 5.41) is 8.56. The number of rotatable bonds is 1. The zero-order valence-electron chi connectivity index (χ0n) is 5.93. The second-order valence-corrected chi connectivity index (χ2v) is 3.10. The van der Waals surface area contributed by atoms with Gasteiger partial charge < -0.3 is 5.21 Å². The van der Waals surface area contributed by atoms with Gasteiger partial charge in [-0.05, 0) is 18.8 Å². The molecular formula is C7H15NO. The zero-order valence-corrected chi connectivity index (χ0v) is 5.93. The van der Waals surface area contributed by atoms with Gasteiger partial charge in [-0.1, -0.05) is 19.8 Å². The lowest BCUT2D eigenvalue weighted by atomic mass is 9.88. The Morgan fingerprint density at radius 1 is 1.44 bits per heavy atom. The third-order valence-electron chi connectivity index (χ3n) is 2.12. The first-order valence-corrected chi connectivity index (χ1v) is 3.72. The summed E-state index contributed by atoms with van der Waals surface area (Å²) >= 11 is 0. The highest BCUT2D eigenvalue weighted by Crippen LogP contribution is 2.22. The average Bonchev–Trinajstić information content (AvgIpc) is 1.88. The maximum absolute atomic E-state index is 8.56. The van der Waals surface area contributed by atoms with E-state index in [4.69, 9.17) is 5.21 Å². The first-order chi connectivity index (χ1) is 4.33. The van der Waals surface area contributed by atoms with E-state index < -0.39 is 0 Å². The summed E-state index contributed by atoms with van der Waals surface area (Å²) < 4.78 is 0. The minimum Gasteiger partial charge on any atom is -0.317 e. The van der Waals surface area contributed by atoms with Crippen LogP contribution in [0.1, 0.15) is 32.6 Å². The summed E-state index contributed by atoms with van der Waals surface area (Å²) in [6.45, 7) is 2.24. The molecule has 2 nitrogen and oxygen atoms in total. The van der Waals surface area contributed by atoms with Crippen molar-refractivity contribution in [2.75, 3.05) is 0 Å². The van der Waals surface area contributed by atoms with E-state index in [2.05, 4.69) is 12.4 Å². The molecule has 0 aromatic rings. The molecule has 2 N–H and O–H groups in total. The Hall–Kier alpha value is -0.0800. The molecule has 0 heterocycles. The molecule has 0 saturated heterocycles. The van der Waals surface area contributed by atoms with Crippen LogP contribution in [0.2, 0.25) is 0 Å². The molecule has 0 spiro atoms. The maximum Gasteiger partial charge on any atom is 0.0322 e. The van der Waals surface area contributed by atoms with Gasteiger partial charge in [0.2, 0.25) is 0 Å². The fourth-order valence-electron chi connectivity index (χ4n) is 1.55.